The molecule has 2 aromatic rings. The maximum atomic E-state index is 5.86. The quantitative estimate of drug-likeness (QED) is 0.928. The van der Waals surface area contributed by atoms with Gasteiger partial charge in [0.2, 0.25) is 0 Å². The second-order valence-corrected chi connectivity index (χ2v) is 6.19. The first-order chi connectivity index (χ1) is 9.63. The van der Waals surface area contributed by atoms with E-state index in [-0.39, 0.29) is 0 Å². The Morgan fingerprint density at radius 3 is 2.75 bits per heavy atom. The minimum absolute atomic E-state index is 0.654. The zero-order valence-electron chi connectivity index (χ0n) is 11.5. The minimum atomic E-state index is 0.654. The van der Waals surface area contributed by atoms with Crippen molar-refractivity contribution in [2.24, 2.45) is 13.0 Å². The van der Waals surface area contributed by atoms with Crippen molar-refractivity contribution >= 4 is 21.7 Å². The predicted octanol–water partition coefficient (Wildman–Crippen LogP) is 3.61. The smallest absolute Gasteiger partial charge is 0.133 e. The highest BCUT2D eigenvalue weighted by molar-refractivity contribution is 9.10. The van der Waals surface area contributed by atoms with Crippen molar-refractivity contribution in [3.05, 3.63) is 28.7 Å². The van der Waals surface area contributed by atoms with Gasteiger partial charge >= 0.3 is 0 Å². The summed E-state index contributed by atoms with van der Waals surface area (Å²) in [6.45, 7) is 0.814. The first-order valence-electron chi connectivity index (χ1n) is 6.86. The molecule has 1 heterocycles. The van der Waals surface area contributed by atoms with E-state index in [4.69, 9.17) is 10.5 Å². The van der Waals surface area contributed by atoms with E-state index >= 15 is 0 Å². The number of hydrogen-bond acceptors (Lipinski definition) is 3. The SMILES string of the molecule is Cn1nc(-c2ccc(OCC3CCC3)c(Br)c2)cc1N. The molecular formula is C15H18BrN3O. The summed E-state index contributed by atoms with van der Waals surface area (Å²) in [4.78, 5) is 0. The average Bonchev–Trinajstić information content (AvgIpc) is 2.69. The summed E-state index contributed by atoms with van der Waals surface area (Å²) in [5, 5.41) is 4.38. The van der Waals surface area contributed by atoms with Crippen LogP contribution in [0.5, 0.6) is 5.75 Å². The number of aromatic nitrogens is 2. The van der Waals surface area contributed by atoms with Gasteiger partial charge in [0.25, 0.3) is 0 Å². The van der Waals surface area contributed by atoms with Crippen molar-refractivity contribution < 1.29 is 4.74 Å². The van der Waals surface area contributed by atoms with Gasteiger partial charge in [-0.05, 0) is 52.9 Å². The highest BCUT2D eigenvalue weighted by Crippen LogP contribution is 2.33. The van der Waals surface area contributed by atoms with Crippen LogP contribution in [-0.2, 0) is 7.05 Å². The summed E-state index contributed by atoms with van der Waals surface area (Å²) < 4.78 is 8.49. The fraction of sp³-hybridized carbons (Fsp3) is 0.400. The van der Waals surface area contributed by atoms with Crippen LogP contribution in [0.2, 0.25) is 0 Å². The molecule has 106 valence electrons. The van der Waals surface area contributed by atoms with Gasteiger partial charge in [0.1, 0.15) is 11.6 Å². The van der Waals surface area contributed by atoms with Crippen molar-refractivity contribution in [3.8, 4) is 17.0 Å². The molecule has 1 aromatic carbocycles. The predicted molar refractivity (Wildman–Crippen MR) is 83.6 cm³/mol. The average molecular weight is 336 g/mol. The van der Waals surface area contributed by atoms with Crippen LogP contribution in [-0.4, -0.2) is 16.4 Å². The molecule has 0 radical (unpaired) electrons. The second-order valence-electron chi connectivity index (χ2n) is 5.33. The van der Waals surface area contributed by atoms with Crippen LogP contribution in [0.1, 0.15) is 19.3 Å². The van der Waals surface area contributed by atoms with Gasteiger partial charge in [-0.25, -0.2) is 0 Å². The van der Waals surface area contributed by atoms with E-state index < -0.39 is 0 Å². The lowest BCUT2D eigenvalue weighted by atomic mass is 9.86. The van der Waals surface area contributed by atoms with Crippen molar-refractivity contribution in [2.45, 2.75) is 19.3 Å². The van der Waals surface area contributed by atoms with Gasteiger partial charge in [0, 0.05) is 18.7 Å². The first-order valence-corrected chi connectivity index (χ1v) is 7.65. The Kier molecular flexibility index (Phi) is 3.70. The lowest BCUT2D eigenvalue weighted by Gasteiger charge is -2.25. The Balaban J connectivity index is 1.75. The maximum absolute atomic E-state index is 5.86. The lowest BCUT2D eigenvalue weighted by Crippen LogP contribution is -2.19. The molecule has 1 aliphatic rings. The standard InChI is InChI=1S/C15H18BrN3O/c1-19-15(17)8-13(18-19)11-5-6-14(12(16)7-11)20-9-10-3-2-4-10/h5-8,10H,2-4,9,17H2,1H3. The van der Waals surface area contributed by atoms with Crippen LogP contribution in [0.3, 0.4) is 0 Å². The Labute approximate surface area is 127 Å². The summed E-state index contributed by atoms with van der Waals surface area (Å²) in [5.74, 6) is 2.28. The molecule has 0 unspecified atom stereocenters. The van der Waals surface area contributed by atoms with Gasteiger partial charge in [-0.2, -0.15) is 5.10 Å². The van der Waals surface area contributed by atoms with Gasteiger partial charge in [-0.1, -0.05) is 6.42 Å². The van der Waals surface area contributed by atoms with Gasteiger partial charge < -0.3 is 10.5 Å². The summed E-state index contributed by atoms with van der Waals surface area (Å²) in [7, 11) is 1.84. The number of ether oxygens (including phenoxy) is 1. The van der Waals surface area contributed by atoms with Gasteiger partial charge in [-0.3, -0.25) is 4.68 Å². The third kappa shape index (κ3) is 2.68. The first kappa shape index (κ1) is 13.5. The third-order valence-corrected chi connectivity index (χ3v) is 4.46. The number of benzene rings is 1. The van der Waals surface area contributed by atoms with Crippen molar-refractivity contribution in [1.29, 1.82) is 0 Å². The van der Waals surface area contributed by atoms with Crippen molar-refractivity contribution in [3.63, 3.8) is 0 Å². The Bertz CT molecular complexity index is 600. The van der Waals surface area contributed by atoms with E-state index in [1.807, 2.05) is 31.3 Å². The molecule has 0 saturated heterocycles. The molecule has 20 heavy (non-hydrogen) atoms. The number of hydrogen-bond donors (Lipinski definition) is 1. The van der Waals surface area contributed by atoms with E-state index in [2.05, 4.69) is 21.0 Å². The molecule has 5 heteroatoms. The number of nitrogens with two attached hydrogens (primary N) is 1. The van der Waals surface area contributed by atoms with Crippen LogP contribution >= 0.6 is 15.9 Å². The second kappa shape index (κ2) is 5.48. The molecule has 0 spiro atoms. The zero-order chi connectivity index (χ0) is 14.1. The topological polar surface area (TPSA) is 53.1 Å². The molecule has 4 nitrogen and oxygen atoms in total. The van der Waals surface area contributed by atoms with Crippen LogP contribution in [0, 0.1) is 5.92 Å². The minimum Gasteiger partial charge on any atom is -0.492 e. The van der Waals surface area contributed by atoms with E-state index in [9.17, 15) is 0 Å². The van der Waals surface area contributed by atoms with Crippen LogP contribution < -0.4 is 10.5 Å². The number of anilines is 1. The Morgan fingerprint density at radius 2 is 2.20 bits per heavy atom. The highest BCUT2D eigenvalue weighted by atomic mass is 79.9. The van der Waals surface area contributed by atoms with E-state index in [1.165, 1.54) is 19.3 Å². The number of nitrogens with zero attached hydrogens (tertiary/aromatic N) is 2. The van der Waals surface area contributed by atoms with Gasteiger partial charge in [0.15, 0.2) is 0 Å². The number of rotatable bonds is 4. The normalized spacial score (nSPS) is 15.1. The van der Waals surface area contributed by atoms with E-state index in [0.717, 1.165) is 34.0 Å². The molecular weight excluding hydrogens is 318 g/mol. The Hall–Kier alpha value is -1.49. The van der Waals surface area contributed by atoms with Crippen molar-refractivity contribution in [2.75, 3.05) is 12.3 Å². The molecule has 0 bridgehead atoms. The number of aryl methyl sites for hydroxylation is 1. The highest BCUT2D eigenvalue weighted by Gasteiger charge is 2.18. The monoisotopic (exact) mass is 335 g/mol. The Morgan fingerprint density at radius 1 is 1.40 bits per heavy atom. The van der Waals surface area contributed by atoms with Crippen molar-refractivity contribution in [1.82, 2.24) is 9.78 Å². The summed E-state index contributed by atoms with van der Waals surface area (Å²) in [6, 6.07) is 7.90. The van der Waals surface area contributed by atoms with Crippen LogP contribution in [0.25, 0.3) is 11.3 Å². The fourth-order valence-electron chi connectivity index (χ4n) is 2.27. The molecule has 1 saturated carbocycles. The summed E-state index contributed by atoms with van der Waals surface area (Å²) in [5.41, 5.74) is 7.71. The molecule has 1 aliphatic carbocycles. The molecule has 0 aliphatic heterocycles. The summed E-state index contributed by atoms with van der Waals surface area (Å²) >= 11 is 3.57. The molecule has 0 amide bonds. The lowest BCUT2D eigenvalue weighted by molar-refractivity contribution is 0.180. The molecule has 3 rings (SSSR count). The molecule has 1 fully saturated rings. The van der Waals surface area contributed by atoms with Gasteiger partial charge in [-0.15, -0.1) is 0 Å². The van der Waals surface area contributed by atoms with Crippen LogP contribution in [0.4, 0.5) is 5.82 Å². The number of halogens is 1. The fourth-order valence-corrected chi connectivity index (χ4v) is 2.76. The molecule has 1 aromatic heterocycles. The third-order valence-electron chi connectivity index (χ3n) is 3.84. The maximum Gasteiger partial charge on any atom is 0.133 e. The summed E-state index contributed by atoms with van der Waals surface area (Å²) in [6.07, 6.45) is 3.93. The van der Waals surface area contributed by atoms with E-state index in [1.54, 1.807) is 4.68 Å². The zero-order valence-corrected chi connectivity index (χ0v) is 13.1. The molecule has 2 N–H and O–H groups in total. The van der Waals surface area contributed by atoms with Gasteiger partial charge in [0.05, 0.1) is 16.8 Å². The molecule has 0 atom stereocenters. The van der Waals surface area contributed by atoms with Crippen LogP contribution in [0.15, 0.2) is 28.7 Å². The van der Waals surface area contributed by atoms with E-state index in [0.29, 0.717) is 5.82 Å². The number of nitrogen functional groups attached to an aromatic ring is 1. The largest absolute Gasteiger partial charge is 0.492 e.